The number of benzene rings is 1. The number of rotatable bonds is 4. The number of hydrogen-bond acceptors (Lipinski definition) is 4. The smallest absolute Gasteiger partial charge is 0.276 e. The van der Waals surface area contributed by atoms with Crippen molar-refractivity contribution in [1.82, 2.24) is 10.1 Å². The summed E-state index contributed by atoms with van der Waals surface area (Å²) in [5.74, 6) is 1.35. The van der Waals surface area contributed by atoms with Gasteiger partial charge in [0.25, 0.3) is 5.91 Å². The van der Waals surface area contributed by atoms with Gasteiger partial charge in [0, 0.05) is 24.2 Å². The second-order valence-corrected chi connectivity index (χ2v) is 5.86. The fraction of sp³-hybridized carbons (Fsp3) is 0.444. The van der Waals surface area contributed by atoms with Gasteiger partial charge < -0.3 is 14.2 Å². The fourth-order valence-electron chi connectivity index (χ4n) is 3.11. The Kier molecular flexibility index (Phi) is 4.65. The highest BCUT2D eigenvalue weighted by atomic mass is 16.5. The highest BCUT2D eigenvalue weighted by Crippen LogP contribution is 2.25. The SMILES string of the molecule is CCC1CCCCN1C(=O)c1cc(-c2ccc(OC)cc2)on1. The van der Waals surface area contributed by atoms with Gasteiger partial charge in [-0.05, 0) is 49.9 Å². The molecule has 1 aliphatic rings. The van der Waals surface area contributed by atoms with Crippen LogP contribution in [0.3, 0.4) is 0 Å². The normalized spacial score (nSPS) is 18.0. The number of carbonyl (C=O) groups excluding carboxylic acids is 1. The maximum atomic E-state index is 12.7. The Hall–Kier alpha value is -2.30. The predicted molar refractivity (Wildman–Crippen MR) is 87.5 cm³/mol. The largest absolute Gasteiger partial charge is 0.497 e. The van der Waals surface area contributed by atoms with Crippen molar-refractivity contribution in [2.75, 3.05) is 13.7 Å². The van der Waals surface area contributed by atoms with Crippen LogP contribution in [0.4, 0.5) is 0 Å². The number of methoxy groups -OCH3 is 1. The Bertz CT molecular complexity index is 663. The van der Waals surface area contributed by atoms with Gasteiger partial charge in [0.2, 0.25) is 0 Å². The molecule has 0 saturated carbocycles. The van der Waals surface area contributed by atoms with Crippen LogP contribution in [-0.4, -0.2) is 35.7 Å². The summed E-state index contributed by atoms with van der Waals surface area (Å²) in [6, 6.07) is 9.55. The maximum absolute atomic E-state index is 12.7. The molecule has 1 unspecified atom stereocenters. The Morgan fingerprint density at radius 2 is 2.13 bits per heavy atom. The van der Waals surface area contributed by atoms with E-state index in [9.17, 15) is 4.79 Å². The van der Waals surface area contributed by atoms with Gasteiger partial charge in [-0.1, -0.05) is 12.1 Å². The van der Waals surface area contributed by atoms with Crippen LogP contribution < -0.4 is 4.74 Å². The molecule has 1 aromatic carbocycles. The lowest BCUT2D eigenvalue weighted by Crippen LogP contribution is -2.43. The highest BCUT2D eigenvalue weighted by Gasteiger charge is 2.28. The minimum Gasteiger partial charge on any atom is -0.497 e. The number of nitrogens with zero attached hydrogens (tertiary/aromatic N) is 2. The summed E-state index contributed by atoms with van der Waals surface area (Å²) < 4.78 is 10.5. The molecule has 0 radical (unpaired) electrons. The average Bonchev–Trinajstić information content (AvgIpc) is 3.11. The lowest BCUT2D eigenvalue weighted by Gasteiger charge is -2.34. The number of carbonyl (C=O) groups is 1. The van der Waals surface area contributed by atoms with Crippen LogP contribution in [0.5, 0.6) is 5.75 Å². The van der Waals surface area contributed by atoms with Crippen LogP contribution >= 0.6 is 0 Å². The highest BCUT2D eigenvalue weighted by molar-refractivity contribution is 5.93. The van der Waals surface area contributed by atoms with Gasteiger partial charge in [-0.2, -0.15) is 0 Å². The molecule has 0 spiro atoms. The predicted octanol–water partition coefficient (Wildman–Crippen LogP) is 3.75. The van der Waals surface area contributed by atoms with Crippen LogP contribution in [0.1, 0.15) is 43.1 Å². The quantitative estimate of drug-likeness (QED) is 0.862. The van der Waals surface area contributed by atoms with Crippen molar-refractivity contribution in [1.29, 1.82) is 0 Å². The van der Waals surface area contributed by atoms with Gasteiger partial charge >= 0.3 is 0 Å². The van der Waals surface area contributed by atoms with Crippen molar-refractivity contribution in [3.63, 3.8) is 0 Å². The summed E-state index contributed by atoms with van der Waals surface area (Å²) in [5, 5.41) is 3.98. The van der Waals surface area contributed by atoms with Crippen molar-refractivity contribution in [2.24, 2.45) is 0 Å². The summed E-state index contributed by atoms with van der Waals surface area (Å²) in [4.78, 5) is 14.6. The molecule has 122 valence electrons. The first kappa shape index (κ1) is 15.6. The minimum atomic E-state index is -0.0277. The summed E-state index contributed by atoms with van der Waals surface area (Å²) >= 11 is 0. The van der Waals surface area contributed by atoms with E-state index in [1.165, 1.54) is 6.42 Å². The fourth-order valence-corrected chi connectivity index (χ4v) is 3.11. The minimum absolute atomic E-state index is 0.0277. The van der Waals surface area contributed by atoms with Gasteiger partial charge in [-0.25, -0.2) is 0 Å². The van der Waals surface area contributed by atoms with E-state index in [2.05, 4.69) is 12.1 Å². The van der Waals surface area contributed by atoms with Crippen molar-refractivity contribution in [2.45, 2.75) is 38.6 Å². The van der Waals surface area contributed by atoms with Crippen LogP contribution in [0, 0.1) is 0 Å². The first-order valence-electron chi connectivity index (χ1n) is 8.15. The molecule has 0 N–H and O–H groups in total. The molecule has 0 bridgehead atoms. The molecule has 1 aromatic heterocycles. The van der Waals surface area contributed by atoms with Gasteiger partial charge in [-0.3, -0.25) is 4.79 Å². The second kappa shape index (κ2) is 6.86. The van der Waals surface area contributed by atoms with Crippen molar-refractivity contribution in [3.8, 4) is 17.1 Å². The van der Waals surface area contributed by atoms with E-state index >= 15 is 0 Å². The summed E-state index contributed by atoms with van der Waals surface area (Å²) in [6.07, 6.45) is 4.31. The molecule has 1 amide bonds. The number of likely N-dealkylation sites (tertiary alicyclic amines) is 1. The first-order valence-corrected chi connectivity index (χ1v) is 8.15. The molecule has 2 heterocycles. The number of amides is 1. The third kappa shape index (κ3) is 3.23. The van der Waals surface area contributed by atoms with Crippen molar-refractivity contribution < 1.29 is 14.1 Å². The van der Waals surface area contributed by atoms with E-state index in [0.29, 0.717) is 17.5 Å². The van der Waals surface area contributed by atoms with Crippen molar-refractivity contribution in [3.05, 3.63) is 36.0 Å². The van der Waals surface area contributed by atoms with Crippen LogP contribution in [0.2, 0.25) is 0 Å². The standard InChI is InChI=1S/C18H22N2O3/c1-3-14-6-4-5-11-20(14)18(21)16-12-17(23-19-16)13-7-9-15(22-2)10-8-13/h7-10,12,14H,3-6,11H2,1-2H3. The van der Waals surface area contributed by atoms with E-state index in [-0.39, 0.29) is 5.91 Å². The second-order valence-electron chi connectivity index (χ2n) is 5.86. The average molecular weight is 314 g/mol. The van der Waals surface area contributed by atoms with Gasteiger partial charge in [0.1, 0.15) is 5.75 Å². The molecular formula is C18H22N2O3. The maximum Gasteiger partial charge on any atom is 0.276 e. The molecule has 1 aliphatic heterocycles. The van der Waals surface area contributed by atoms with E-state index in [1.807, 2.05) is 29.2 Å². The summed E-state index contributed by atoms with van der Waals surface area (Å²) in [7, 11) is 1.63. The zero-order chi connectivity index (χ0) is 16.2. The van der Waals surface area contributed by atoms with Gasteiger partial charge in [-0.15, -0.1) is 0 Å². The number of piperidine rings is 1. The van der Waals surface area contributed by atoms with E-state index < -0.39 is 0 Å². The Labute approximate surface area is 136 Å². The topological polar surface area (TPSA) is 55.6 Å². The lowest BCUT2D eigenvalue weighted by molar-refractivity contribution is 0.0597. The molecule has 5 heteroatoms. The third-order valence-corrected chi connectivity index (χ3v) is 4.46. The Morgan fingerprint density at radius 3 is 2.83 bits per heavy atom. The van der Waals surface area contributed by atoms with Crippen LogP contribution in [0.25, 0.3) is 11.3 Å². The zero-order valence-corrected chi connectivity index (χ0v) is 13.6. The molecule has 3 rings (SSSR count). The zero-order valence-electron chi connectivity index (χ0n) is 13.6. The number of aromatic nitrogens is 1. The monoisotopic (exact) mass is 314 g/mol. The van der Waals surface area contributed by atoms with E-state index in [1.54, 1.807) is 13.2 Å². The molecule has 1 saturated heterocycles. The molecule has 1 atom stereocenters. The molecule has 5 nitrogen and oxygen atoms in total. The molecular weight excluding hydrogens is 292 g/mol. The Balaban J connectivity index is 1.78. The van der Waals surface area contributed by atoms with E-state index in [4.69, 9.17) is 9.26 Å². The first-order chi connectivity index (χ1) is 11.2. The van der Waals surface area contributed by atoms with E-state index in [0.717, 1.165) is 37.1 Å². The molecule has 23 heavy (non-hydrogen) atoms. The molecule has 1 fully saturated rings. The number of ether oxygens (including phenoxy) is 1. The van der Waals surface area contributed by atoms with Crippen LogP contribution in [-0.2, 0) is 0 Å². The molecule has 0 aliphatic carbocycles. The van der Waals surface area contributed by atoms with Gasteiger partial charge in [0.05, 0.1) is 7.11 Å². The number of hydrogen-bond donors (Lipinski definition) is 0. The third-order valence-electron chi connectivity index (χ3n) is 4.46. The summed E-state index contributed by atoms with van der Waals surface area (Å²) in [6.45, 7) is 2.93. The van der Waals surface area contributed by atoms with Crippen molar-refractivity contribution >= 4 is 5.91 Å². The molecule has 2 aromatic rings. The lowest BCUT2D eigenvalue weighted by atomic mass is 9.99. The summed E-state index contributed by atoms with van der Waals surface area (Å²) in [5.41, 5.74) is 1.26. The van der Waals surface area contributed by atoms with Gasteiger partial charge in [0.15, 0.2) is 11.5 Å². The van der Waals surface area contributed by atoms with Crippen LogP contribution in [0.15, 0.2) is 34.9 Å². The Morgan fingerprint density at radius 1 is 1.35 bits per heavy atom.